The van der Waals surface area contributed by atoms with Gasteiger partial charge in [-0.1, -0.05) is 12.1 Å². The average molecular weight is 329 g/mol. The van der Waals surface area contributed by atoms with Crippen molar-refractivity contribution in [2.45, 2.75) is 13.1 Å². The van der Waals surface area contributed by atoms with Crippen molar-refractivity contribution in [3.8, 4) is 11.3 Å². The number of pyridine rings is 1. The van der Waals surface area contributed by atoms with Gasteiger partial charge in [-0.15, -0.1) is 11.3 Å². The predicted molar refractivity (Wildman–Crippen MR) is 90.9 cm³/mol. The fraction of sp³-hybridized carbons (Fsp3) is 0.125. The van der Waals surface area contributed by atoms with E-state index in [-0.39, 0.29) is 6.03 Å². The van der Waals surface area contributed by atoms with Crippen LogP contribution in [0.1, 0.15) is 10.4 Å². The Kier molecular flexibility index (Phi) is 4.82. The second-order valence-electron chi connectivity index (χ2n) is 4.64. The molecular formula is C16H15N3OS2. The maximum absolute atomic E-state index is 11.9. The quantitative estimate of drug-likeness (QED) is 0.746. The smallest absolute Gasteiger partial charge is 0.315 e. The van der Waals surface area contributed by atoms with Crippen LogP contribution in [0.4, 0.5) is 4.79 Å². The van der Waals surface area contributed by atoms with Crippen LogP contribution in [-0.4, -0.2) is 11.0 Å². The summed E-state index contributed by atoms with van der Waals surface area (Å²) in [5, 5.41) is 11.8. The van der Waals surface area contributed by atoms with Crippen molar-refractivity contribution in [2.75, 3.05) is 0 Å². The van der Waals surface area contributed by atoms with Gasteiger partial charge in [0.05, 0.1) is 12.2 Å². The molecule has 0 fully saturated rings. The van der Waals surface area contributed by atoms with E-state index in [4.69, 9.17) is 0 Å². The summed E-state index contributed by atoms with van der Waals surface area (Å²) in [4.78, 5) is 17.4. The first kappa shape index (κ1) is 14.7. The molecule has 112 valence electrons. The maximum atomic E-state index is 11.9. The number of nitrogens with one attached hydrogen (secondary N) is 2. The van der Waals surface area contributed by atoms with Crippen LogP contribution in [0.15, 0.2) is 52.7 Å². The molecular weight excluding hydrogens is 314 g/mol. The first-order valence-corrected chi connectivity index (χ1v) is 8.66. The van der Waals surface area contributed by atoms with Crippen LogP contribution in [0, 0.1) is 0 Å². The SMILES string of the molecule is O=C(NCc1cccs1)NCc1cccnc1-c1ccsc1. The second-order valence-corrected chi connectivity index (χ2v) is 6.45. The minimum atomic E-state index is -0.173. The number of rotatable bonds is 5. The van der Waals surface area contributed by atoms with E-state index in [2.05, 4.69) is 21.0 Å². The first-order valence-electron chi connectivity index (χ1n) is 6.83. The molecule has 0 saturated carbocycles. The van der Waals surface area contributed by atoms with Crippen molar-refractivity contribution in [2.24, 2.45) is 0 Å². The molecule has 2 N–H and O–H groups in total. The van der Waals surface area contributed by atoms with Crippen molar-refractivity contribution < 1.29 is 4.79 Å². The zero-order valence-corrected chi connectivity index (χ0v) is 13.4. The molecule has 3 aromatic heterocycles. The van der Waals surface area contributed by atoms with Gasteiger partial charge in [-0.25, -0.2) is 4.79 Å². The molecule has 0 atom stereocenters. The van der Waals surface area contributed by atoms with E-state index in [0.29, 0.717) is 13.1 Å². The molecule has 0 unspecified atom stereocenters. The van der Waals surface area contributed by atoms with E-state index in [1.807, 2.05) is 41.1 Å². The van der Waals surface area contributed by atoms with Gasteiger partial charge >= 0.3 is 6.03 Å². The van der Waals surface area contributed by atoms with Crippen LogP contribution in [0.2, 0.25) is 0 Å². The molecule has 3 aromatic rings. The topological polar surface area (TPSA) is 54.0 Å². The Morgan fingerprint density at radius 1 is 1.09 bits per heavy atom. The molecule has 0 radical (unpaired) electrons. The number of amides is 2. The standard InChI is InChI=1S/C16H15N3OS2/c20-16(19-10-14-4-2-7-22-14)18-9-12-3-1-6-17-15(12)13-5-8-21-11-13/h1-8,11H,9-10H2,(H2,18,19,20). The highest BCUT2D eigenvalue weighted by molar-refractivity contribution is 7.09. The Morgan fingerprint density at radius 3 is 2.77 bits per heavy atom. The number of carbonyl (C=O) groups excluding carboxylic acids is 1. The lowest BCUT2D eigenvalue weighted by Gasteiger charge is -2.09. The Labute approximate surface area is 136 Å². The summed E-state index contributed by atoms with van der Waals surface area (Å²) in [6.45, 7) is 1.00. The third kappa shape index (κ3) is 3.72. The summed E-state index contributed by atoms with van der Waals surface area (Å²) in [7, 11) is 0. The van der Waals surface area contributed by atoms with Gasteiger partial charge in [-0.3, -0.25) is 4.98 Å². The molecule has 0 spiro atoms. The minimum absolute atomic E-state index is 0.173. The third-order valence-electron chi connectivity index (χ3n) is 3.13. The van der Waals surface area contributed by atoms with E-state index in [9.17, 15) is 4.79 Å². The van der Waals surface area contributed by atoms with Gasteiger partial charge in [0.25, 0.3) is 0 Å². The molecule has 6 heteroatoms. The fourth-order valence-corrected chi connectivity index (χ4v) is 3.34. The van der Waals surface area contributed by atoms with E-state index >= 15 is 0 Å². The first-order chi connectivity index (χ1) is 10.8. The molecule has 3 rings (SSSR count). The largest absolute Gasteiger partial charge is 0.334 e. The number of carbonyl (C=O) groups is 1. The minimum Gasteiger partial charge on any atom is -0.334 e. The fourth-order valence-electron chi connectivity index (χ4n) is 2.06. The summed E-state index contributed by atoms with van der Waals surface area (Å²) >= 11 is 3.26. The molecule has 4 nitrogen and oxygen atoms in total. The van der Waals surface area contributed by atoms with Crippen molar-refractivity contribution in [3.05, 3.63) is 63.1 Å². The van der Waals surface area contributed by atoms with Gasteiger partial charge in [0.2, 0.25) is 0 Å². The molecule has 0 saturated heterocycles. The number of hydrogen-bond donors (Lipinski definition) is 2. The van der Waals surface area contributed by atoms with Crippen LogP contribution < -0.4 is 10.6 Å². The number of aromatic nitrogens is 1. The van der Waals surface area contributed by atoms with Gasteiger partial charge in [0.1, 0.15) is 0 Å². The van der Waals surface area contributed by atoms with Gasteiger partial charge in [0.15, 0.2) is 0 Å². The highest BCUT2D eigenvalue weighted by atomic mass is 32.1. The predicted octanol–water partition coefficient (Wildman–Crippen LogP) is 3.87. The molecule has 0 aliphatic heterocycles. The van der Waals surface area contributed by atoms with Crippen LogP contribution in [0.5, 0.6) is 0 Å². The van der Waals surface area contributed by atoms with Crippen LogP contribution in [0.3, 0.4) is 0 Å². The lowest BCUT2D eigenvalue weighted by molar-refractivity contribution is 0.240. The Morgan fingerprint density at radius 2 is 2.00 bits per heavy atom. The number of thiophene rings is 2. The van der Waals surface area contributed by atoms with Crippen LogP contribution in [-0.2, 0) is 13.1 Å². The molecule has 0 aliphatic carbocycles. The Hall–Kier alpha value is -2.18. The summed E-state index contributed by atoms with van der Waals surface area (Å²) in [5.74, 6) is 0. The number of hydrogen-bond acceptors (Lipinski definition) is 4. The zero-order chi connectivity index (χ0) is 15.2. The summed E-state index contributed by atoms with van der Waals surface area (Å²) in [6, 6.07) is 9.71. The van der Waals surface area contributed by atoms with Crippen molar-refractivity contribution >= 4 is 28.7 Å². The molecule has 0 bridgehead atoms. The Bertz CT molecular complexity index is 724. The normalized spacial score (nSPS) is 10.4. The number of nitrogens with zero attached hydrogens (tertiary/aromatic N) is 1. The summed E-state index contributed by atoms with van der Waals surface area (Å²) in [6.07, 6.45) is 1.77. The van der Waals surface area contributed by atoms with E-state index in [1.165, 1.54) is 0 Å². The molecule has 22 heavy (non-hydrogen) atoms. The Balaban J connectivity index is 1.58. The monoisotopic (exact) mass is 329 g/mol. The van der Waals surface area contributed by atoms with Crippen molar-refractivity contribution in [3.63, 3.8) is 0 Å². The van der Waals surface area contributed by atoms with Crippen molar-refractivity contribution in [1.82, 2.24) is 15.6 Å². The lowest BCUT2D eigenvalue weighted by atomic mass is 10.1. The number of urea groups is 1. The molecule has 3 heterocycles. The maximum Gasteiger partial charge on any atom is 0.315 e. The zero-order valence-electron chi connectivity index (χ0n) is 11.8. The molecule has 2 amide bonds. The highest BCUT2D eigenvalue weighted by Crippen LogP contribution is 2.23. The second kappa shape index (κ2) is 7.20. The van der Waals surface area contributed by atoms with Gasteiger partial charge in [-0.05, 0) is 34.5 Å². The summed E-state index contributed by atoms with van der Waals surface area (Å²) in [5.41, 5.74) is 3.01. The highest BCUT2D eigenvalue weighted by Gasteiger charge is 2.08. The molecule has 0 aromatic carbocycles. The van der Waals surface area contributed by atoms with Gasteiger partial charge in [-0.2, -0.15) is 11.3 Å². The third-order valence-corrected chi connectivity index (χ3v) is 4.69. The van der Waals surface area contributed by atoms with E-state index in [0.717, 1.165) is 21.7 Å². The van der Waals surface area contributed by atoms with E-state index in [1.54, 1.807) is 28.9 Å². The van der Waals surface area contributed by atoms with E-state index < -0.39 is 0 Å². The van der Waals surface area contributed by atoms with Crippen LogP contribution in [0.25, 0.3) is 11.3 Å². The van der Waals surface area contributed by atoms with Gasteiger partial charge in [0, 0.05) is 28.6 Å². The lowest BCUT2D eigenvalue weighted by Crippen LogP contribution is -2.34. The van der Waals surface area contributed by atoms with Crippen LogP contribution >= 0.6 is 22.7 Å². The summed E-state index contributed by atoms with van der Waals surface area (Å²) < 4.78 is 0. The average Bonchev–Trinajstić information content (AvgIpc) is 3.24. The molecule has 0 aliphatic rings. The van der Waals surface area contributed by atoms with Crippen molar-refractivity contribution in [1.29, 1.82) is 0 Å². The van der Waals surface area contributed by atoms with Gasteiger partial charge < -0.3 is 10.6 Å².